The van der Waals surface area contributed by atoms with Crippen LogP contribution in [0.5, 0.6) is 11.5 Å². The summed E-state index contributed by atoms with van der Waals surface area (Å²) >= 11 is 6.94. The predicted octanol–water partition coefficient (Wildman–Crippen LogP) is 4.76. The number of nitrogens with one attached hydrogen (secondary N) is 2. The number of H-pyrrole nitrogens is 1. The van der Waals surface area contributed by atoms with E-state index in [2.05, 4.69) is 25.2 Å². The van der Waals surface area contributed by atoms with Crippen molar-refractivity contribution in [2.75, 3.05) is 5.32 Å². The zero-order chi connectivity index (χ0) is 21.5. The number of alkyl halides is 2. The highest BCUT2D eigenvalue weighted by molar-refractivity contribution is 8.00. The zero-order valence-corrected chi connectivity index (χ0v) is 17.2. The van der Waals surface area contributed by atoms with Crippen LogP contribution in [-0.2, 0) is 11.4 Å². The molecule has 1 atom stereocenters. The SMILES string of the molecule is CC(Sc1n[nH]c(COc2ccc(Cl)cc2)n1)C(=O)Nc1ccccc1OC(F)F. The number of anilines is 1. The van der Waals surface area contributed by atoms with Crippen molar-refractivity contribution in [2.45, 2.75) is 30.5 Å². The van der Waals surface area contributed by atoms with Crippen molar-refractivity contribution < 1.29 is 23.0 Å². The molecule has 0 aliphatic carbocycles. The molecule has 2 N–H and O–H groups in total. The Kier molecular flexibility index (Phi) is 7.47. The fourth-order valence-electron chi connectivity index (χ4n) is 2.29. The summed E-state index contributed by atoms with van der Waals surface area (Å²) in [7, 11) is 0. The number of benzene rings is 2. The number of halogens is 3. The number of amides is 1. The van der Waals surface area contributed by atoms with Crippen molar-refractivity contribution in [3.8, 4) is 11.5 Å². The van der Waals surface area contributed by atoms with Crippen molar-refractivity contribution in [3.05, 3.63) is 59.4 Å². The molecule has 2 aromatic carbocycles. The van der Waals surface area contributed by atoms with Gasteiger partial charge in [0.1, 0.15) is 18.1 Å². The van der Waals surface area contributed by atoms with Gasteiger partial charge >= 0.3 is 6.61 Å². The van der Waals surface area contributed by atoms with Crippen LogP contribution in [0.1, 0.15) is 12.7 Å². The molecule has 3 aromatic rings. The lowest BCUT2D eigenvalue weighted by molar-refractivity contribution is -0.115. The molecule has 11 heteroatoms. The standard InChI is InChI=1S/C19H17ClF2N4O3S/c1-11(17(27)23-14-4-2-3-5-15(14)29-18(21)22)30-19-24-16(25-26-19)10-28-13-8-6-12(20)7-9-13/h2-9,11,18H,10H2,1H3,(H,23,27)(H,24,25,26). The summed E-state index contributed by atoms with van der Waals surface area (Å²) in [4.78, 5) is 16.7. The number of aromatic nitrogens is 3. The Balaban J connectivity index is 1.54. The molecule has 3 rings (SSSR count). The highest BCUT2D eigenvalue weighted by atomic mass is 35.5. The van der Waals surface area contributed by atoms with E-state index in [9.17, 15) is 13.6 Å². The van der Waals surface area contributed by atoms with Crippen molar-refractivity contribution in [1.82, 2.24) is 15.2 Å². The lowest BCUT2D eigenvalue weighted by Crippen LogP contribution is -2.23. The first-order valence-electron chi connectivity index (χ1n) is 8.71. The number of ether oxygens (including phenoxy) is 2. The minimum Gasteiger partial charge on any atom is -0.486 e. The van der Waals surface area contributed by atoms with E-state index in [0.29, 0.717) is 21.8 Å². The van der Waals surface area contributed by atoms with E-state index in [1.54, 1.807) is 37.3 Å². The zero-order valence-electron chi connectivity index (χ0n) is 15.6. The van der Waals surface area contributed by atoms with Crippen LogP contribution in [0, 0.1) is 0 Å². The van der Waals surface area contributed by atoms with Gasteiger partial charge in [0.2, 0.25) is 11.1 Å². The molecule has 0 fully saturated rings. The Bertz CT molecular complexity index is 988. The van der Waals surface area contributed by atoms with Gasteiger partial charge in [0.25, 0.3) is 0 Å². The number of para-hydroxylation sites is 2. The second-order valence-corrected chi connectivity index (χ2v) is 7.68. The number of thioether (sulfide) groups is 1. The van der Waals surface area contributed by atoms with Crippen LogP contribution in [-0.4, -0.2) is 32.9 Å². The Labute approximate surface area is 180 Å². The monoisotopic (exact) mass is 454 g/mol. The van der Waals surface area contributed by atoms with Crippen molar-refractivity contribution >= 4 is 35.0 Å². The lowest BCUT2D eigenvalue weighted by atomic mass is 10.3. The van der Waals surface area contributed by atoms with Crippen LogP contribution in [0.3, 0.4) is 0 Å². The average molecular weight is 455 g/mol. The largest absolute Gasteiger partial charge is 0.486 e. The van der Waals surface area contributed by atoms with Crippen molar-refractivity contribution in [3.63, 3.8) is 0 Å². The Morgan fingerprint density at radius 1 is 1.23 bits per heavy atom. The summed E-state index contributed by atoms with van der Waals surface area (Å²) in [5, 5.41) is 9.74. The molecule has 0 saturated carbocycles. The second kappa shape index (κ2) is 10.3. The van der Waals surface area contributed by atoms with Gasteiger partial charge in [0.15, 0.2) is 5.82 Å². The average Bonchev–Trinajstić information content (AvgIpc) is 3.16. The maximum Gasteiger partial charge on any atom is 0.387 e. The van der Waals surface area contributed by atoms with E-state index in [1.165, 1.54) is 18.2 Å². The molecule has 158 valence electrons. The van der Waals surface area contributed by atoms with Crippen molar-refractivity contribution in [1.29, 1.82) is 0 Å². The van der Waals surface area contributed by atoms with Gasteiger partial charge in [-0.15, -0.1) is 5.10 Å². The van der Waals surface area contributed by atoms with Crippen LogP contribution < -0.4 is 14.8 Å². The van der Waals surface area contributed by atoms with E-state index in [1.807, 2.05) is 0 Å². The number of hydrogen-bond donors (Lipinski definition) is 2. The lowest BCUT2D eigenvalue weighted by Gasteiger charge is -2.14. The molecule has 30 heavy (non-hydrogen) atoms. The molecule has 1 amide bonds. The molecule has 0 bridgehead atoms. The fraction of sp³-hybridized carbons (Fsp3) is 0.211. The van der Waals surface area contributed by atoms with E-state index in [4.69, 9.17) is 16.3 Å². The molecule has 1 aromatic heterocycles. The highest BCUT2D eigenvalue weighted by Crippen LogP contribution is 2.27. The van der Waals surface area contributed by atoms with Gasteiger partial charge in [-0.1, -0.05) is 35.5 Å². The predicted molar refractivity (Wildman–Crippen MR) is 109 cm³/mol. The van der Waals surface area contributed by atoms with Crippen molar-refractivity contribution in [2.24, 2.45) is 0 Å². The Morgan fingerprint density at radius 2 is 1.97 bits per heavy atom. The summed E-state index contributed by atoms with van der Waals surface area (Å²) in [6.45, 7) is -1.18. The Morgan fingerprint density at radius 3 is 2.70 bits per heavy atom. The molecular weight excluding hydrogens is 438 g/mol. The van der Waals surface area contributed by atoms with E-state index in [0.717, 1.165) is 11.8 Å². The number of rotatable bonds is 9. The molecule has 1 heterocycles. The minimum atomic E-state index is -2.99. The van der Waals surface area contributed by atoms with Gasteiger partial charge in [-0.2, -0.15) is 8.78 Å². The number of nitrogens with zero attached hydrogens (tertiary/aromatic N) is 2. The summed E-state index contributed by atoms with van der Waals surface area (Å²) in [5.74, 6) is 0.588. The molecule has 0 saturated heterocycles. The number of carbonyl (C=O) groups is 1. The smallest absolute Gasteiger partial charge is 0.387 e. The third-order valence-corrected chi connectivity index (χ3v) is 4.93. The number of aromatic amines is 1. The third-order valence-electron chi connectivity index (χ3n) is 3.71. The van der Waals surface area contributed by atoms with E-state index in [-0.39, 0.29) is 18.0 Å². The maximum absolute atomic E-state index is 12.5. The summed E-state index contributed by atoms with van der Waals surface area (Å²) in [6.07, 6.45) is 0. The molecule has 7 nitrogen and oxygen atoms in total. The van der Waals surface area contributed by atoms with E-state index >= 15 is 0 Å². The quantitative estimate of drug-likeness (QED) is 0.453. The first kappa shape index (κ1) is 21.8. The molecule has 0 spiro atoms. The summed E-state index contributed by atoms with van der Waals surface area (Å²) in [6, 6.07) is 12.9. The van der Waals surface area contributed by atoms with Gasteiger partial charge < -0.3 is 14.8 Å². The van der Waals surface area contributed by atoms with Gasteiger partial charge in [-0.3, -0.25) is 9.89 Å². The topological polar surface area (TPSA) is 89.1 Å². The summed E-state index contributed by atoms with van der Waals surface area (Å²) < 4.78 is 35.0. The highest BCUT2D eigenvalue weighted by Gasteiger charge is 2.19. The maximum atomic E-state index is 12.5. The van der Waals surface area contributed by atoms with Gasteiger partial charge in [-0.05, 0) is 43.3 Å². The number of carbonyl (C=O) groups excluding carboxylic acids is 1. The first-order valence-corrected chi connectivity index (χ1v) is 9.97. The second-order valence-electron chi connectivity index (χ2n) is 5.93. The van der Waals surface area contributed by atoms with Crippen LogP contribution >= 0.6 is 23.4 Å². The molecule has 1 unspecified atom stereocenters. The fourth-order valence-corrected chi connectivity index (χ4v) is 3.16. The van der Waals surface area contributed by atoms with Gasteiger partial charge in [0.05, 0.1) is 10.9 Å². The molecule has 0 aliphatic heterocycles. The minimum absolute atomic E-state index is 0.113. The van der Waals surface area contributed by atoms with E-state index < -0.39 is 17.8 Å². The normalized spacial score (nSPS) is 11.9. The third kappa shape index (κ3) is 6.33. The van der Waals surface area contributed by atoms with Gasteiger partial charge in [-0.25, -0.2) is 4.98 Å². The first-order chi connectivity index (χ1) is 14.4. The van der Waals surface area contributed by atoms with Crippen LogP contribution in [0.25, 0.3) is 0 Å². The molecular formula is C19H17ClF2N4O3S. The van der Waals surface area contributed by atoms with Crippen LogP contribution in [0.4, 0.5) is 14.5 Å². The molecule has 0 aliphatic rings. The van der Waals surface area contributed by atoms with Crippen LogP contribution in [0.15, 0.2) is 53.7 Å². The summed E-state index contributed by atoms with van der Waals surface area (Å²) in [5.41, 5.74) is 0.155. The van der Waals surface area contributed by atoms with Crippen LogP contribution in [0.2, 0.25) is 5.02 Å². The van der Waals surface area contributed by atoms with Gasteiger partial charge in [0, 0.05) is 5.02 Å². The Hall–Kier alpha value is -2.85. The molecule has 0 radical (unpaired) electrons. The number of hydrogen-bond acceptors (Lipinski definition) is 6.